The van der Waals surface area contributed by atoms with Crippen molar-refractivity contribution in [3.63, 3.8) is 0 Å². The number of hydrogen-bond acceptors (Lipinski definition) is 4. The number of carbonyl (C=O) groups is 2. The van der Waals surface area contributed by atoms with Crippen molar-refractivity contribution in [2.45, 2.75) is 31.3 Å². The topological polar surface area (TPSA) is 61.9 Å². The molecule has 2 atom stereocenters. The van der Waals surface area contributed by atoms with E-state index in [1.165, 1.54) is 0 Å². The maximum absolute atomic E-state index is 12.3. The van der Waals surface area contributed by atoms with E-state index < -0.39 is 0 Å². The fourth-order valence-electron chi connectivity index (χ4n) is 3.20. The molecule has 0 saturated carbocycles. The highest BCUT2D eigenvalue weighted by atomic mass is 16.5. The van der Waals surface area contributed by atoms with Crippen LogP contribution in [-0.4, -0.2) is 73.1 Å². The predicted octanol–water partition coefficient (Wildman–Crippen LogP) is -0.802. The first-order valence-electron chi connectivity index (χ1n) is 7.14. The van der Waals surface area contributed by atoms with Gasteiger partial charge < -0.3 is 15.0 Å². The van der Waals surface area contributed by atoms with Gasteiger partial charge in [0.05, 0.1) is 13.2 Å². The number of rotatable bonds is 2. The van der Waals surface area contributed by atoms with Crippen molar-refractivity contribution >= 4 is 11.8 Å². The van der Waals surface area contributed by atoms with Gasteiger partial charge in [-0.15, -0.1) is 0 Å². The van der Waals surface area contributed by atoms with Gasteiger partial charge in [-0.2, -0.15) is 0 Å². The molecule has 0 radical (unpaired) electrons. The lowest BCUT2D eigenvalue weighted by Gasteiger charge is -2.32. The van der Waals surface area contributed by atoms with Crippen LogP contribution < -0.4 is 5.32 Å². The Balaban J connectivity index is 1.53. The Kier molecular flexibility index (Phi) is 3.70. The summed E-state index contributed by atoms with van der Waals surface area (Å²) in [5.41, 5.74) is 0. The van der Waals surface area contributed by atoms with Gasteiger partial charge in [0, 0.05) is 38.6 Å². The Morgan fingerprint density at radius 3 is 2.68 bits per heavy atom. The van der Waals surface area contributed by atoms with Crippen LogP contribution in [0, 0.1) is 0 Å². The lowest BCUT2D eigenvalue weighted by Crippen LogP contribution is -2.47. The molecule has 0 aromatic heterocycles. The van der Waals surface area contributed by atoms with E-state index in [1.807, 2.05) is 4.90 Å². The normalized spacial score (nSPS) is 32.6. The Bertz CT molecular complexity index is 368. The molecule has 0 aromatic rings. The molecule has 0 spiro atoms. The van der Waals surface area contributed by atoms with Crippen LogP contribution in [0.25, 0.3) is 0 Å². The molecule has 6 nitrogen and oxygen atoms in total. The number of amides is 2. The molecule has 3 fully saturated rings. The van der Waals surface area contributed by atoms with Crippen molar-refractivity contribution in [1.29, 1.82) is 0 Å². The van der Waals surface area contributed by atoms with Crippen LogP contribution in [0.15, 0.2) is 0 Å². The smallest absolute Gasteiger partial charge is 0.245 e. The van der Waals surface area contributed by atoms with Gasteiger partial charge in [0.2, 0.25) is 11.8 Å². The zero-order valence-electron chi connectivity index (χ0n) is 11.1. The SMILES string of the molecule is O=C1CCC(C(=O)N2CCC(N3CCOCC3)C2)N1. The molecule has 106 valence electrons. The summed E-state index contributed by atoms with van der Waals surface area (Å²) in [6.07, 6.45) is 2.17. The van der Waals surface area contributed by atoms with E-state index in [0.29, 0.717) is 18.9 Å². The summed E-state index contributed by atoms with van der Waals surface area (Å²) in [5, 5.41) is 2.76. The van der Waals surface area contributed by atoms with E-state index in [4.69, 9.17) is 4.74 Å². The zero-order valence-corrected chi connectivity index (χ0v) is 11.1. The number of ether oxygens (including phenoxy) is 1. The number of nitrogens with zero attached hydrogens (tertiary/aromatic N) is 2. The summed E-state index contributed by atoms with van der Waals surface area (Å²) in [5.74, 6) is 0.101. The number of morpholine rings is 1. The minimum absolute atomic E-state index is 0.00211. The fraction of sp³-hybridized carbons (Fsp3) is 0.846. The molecule has 3 aliphatic rings. The first kappa shape index (κ1) is 12.9. The van der Waals surface area contributed by atoms with Gasteiger partial charge in [-0.05, 0) is 12.8 Å². The second-order valence-corrected chi connectivity index (χ2v) is 5.53. The minimum Gasteiger partial charge on any atom is -0.379 e. The molecule has 0 aromatic carbocycles. The van der Waals surface area contributed by atoms with Crippen molar-refractivity contribution in [2.24, 2.45) is 0 Å². The second kappa shape index (κ2) is 5.46. The van der Waals surface area contributed by atoms with E-state index in [0.717, 1.165) is 45.8 Å². The summed E-state index contributed by atoms with van der Waals surface area (Å²) in [4.78, 5) is 27.8. The van der Waals surface area contributed by atoms with Crippen LogP contribution in [0.3, 0.4) is 0 Å². The molecule has 2 amide bonds. The molecule has 3 saturated heterocycles. The summed E-state index contributed by atoms with van der Waals surface area (Å²) in [6, 6.07) is 0.181. The van der Waals surface area contributed by atoms with E-state index in [2.05, 4.69) is 10.2 Å². The first-order valence-corrected chi connectivity index (χ1v) is 7.14. The highest BCUT2D eigenvalue weighted by molar-refractivity contribution is 5.90. The van der Waals surface area contributed by atoms with Gasteiger partial charge in [0.25, 0.3) is 0 Å². The summed E-state index contributed by atoms with van der Waals surface area (Å²) in [7, 11) is 0. The van der Waals surface area contributed by atoms with Crippen molar-refractivity contribution in [3.05, 3.63) is 0 Å². The van der Waals surface area contributed by atoms with Gasteiger partial charge in [0.15, 0.2) is 0 Å². The van der Waals surface area contributed by atoms with Gasteiger partial charge >= 0.3 is 0 Å². The summed E-state index contributed by atoms with van der Waals surface area (Å²) in [6.45, 7) is 5.13. The largest absolute Gasteiger partial charge is 0.379 e. The highest BCUT2D eigenvalue weighted by Crippen LogP contribution is 2.19. The van der Waals surface area contributed by atoms with Crippen molar-refractivity contribution in [1.82, 2.24) is 15.1 Å². The monoisotopic (exact) mass is 267 g/mol. The Labute approximate surface area is 113 Å². The summed E-state index contributed by atoms with van der Waals surface area (Å²) < 4.78 is 5.36. The van der Waals surface area contributed by atoms with Crippen LogP contribution >= 0.6 is 0 Å². The van der Waals surface area contributed by atoms with E-state index in [-0.39, 0.29) is 17.9 Å². The number of carbonyl (C=O) groups excluding carboxylic acids is 2. The predicted molar refractivity (Wildman–Crippen MR) is 68.5 cm³/mol. The summed E-state index contributed by atoms with van der Waals surface area (Å²) >= 11 is 0. The molecule has 0 aliphatic carbocycles. The van der Waals surface area contributed by atoms with Crippen LogP contribution in [0.5, 0.6) is 0 Å². The standard InChI is InChI=1S/C13H21N3O3/c17-12-2-1-11(14-12)13(18)16-4-3-10(9-16)15-5-7-19-8-6-15/h10-11H,1-9H2,(H,14,17). The van der Waals surface area contributed by atoms with Crippen LogP contribution in [-0.2, 0) is 14.3 Å². The molecule has 3 aliphatic heterocycles. The molecular weight excluding hydrogens is 246 g/mol. The van der Waals surface area contributed by atoms with Crippen LogP contribution in [0.4, 0.5) is 0 Å². The number of likely N-dealkylation sites (tertiary alicyclic amines) is 1. The molecular formula is C13H21N3O3. The quantitative estimate of drug-likeness (QED) is 0.711. The fourth-order valence-corrected chi connectivity index (χ4v) is 3.20. The van der Waals surface area contributed by atoms with Crippen molar-refractivity contribution < 1.29 is 14.3 Å². The zero-order chi connectivity index (χ0) is 13.2. The van der Waals surface area contributed by atoms with Crippen molar-refractivity contribution in [2.75, 3.05) is 39.4 Å². The third-order valence-corrected chi connectivity index (χ3v) is 4.33. The third-order valence-electron chi connectivity index (χ3n) is 4.33. The third kappa shape index (κ3) is 2.74. The molecule has 0 bridgehead atoms. The van der Waals surface area contributed by atoms with Gasteiger partial charge in [0.1, 0.15) is 6.04 Å². The van der Waals surface area contributed by atoms with Crippen LogP contribution in [0.2, 0.25) is 0 Å². The molecule has 2 unspecified atom stereocenters. The Morgan fingerprint density at radius 1 is 1.21 bits per heavy atom. The average Bonchev–Trinajstić information content (AvgIpc) is 3.08. The molecule has 3 heterocycles. The molecule has 1 N–H and O–H groups in total. The number of hydrogen-bond donors (Lipinski definition) is 1. The van der Waals surface area contributed by atoms with E-state index in [9.17, 15) is 9.59 Å². The van der Waals surface area contributed by atoms with Crippen molar-refractivity contribution in [3.8, 4) is 0 Å². The number of nitrogens with one attached hydrogen (secondary N) is 1. The maximum Gasteiger partial charge on any atom is 0.245 e. The molecule has 6 heteroatoms. The second-order valence-electron chi connectivity index (χ2n) is 5.53. The Morgan fingerprint density at radius 2 is 2.00 bits per heavy atom. The molecule has 19 heavy (non-hydrogen) atoms. The average molecular weight is 267 g/mol. The maximum atomic E-state index is 12.3. The lowest BCUT2D eigenvalue weighted by atomic mass is 10.2. The first-order chi connectivity index (χ1) is 9.24. The van der Waals surface area contributed by atoms with Gasteiger partial charge in [-0.3, -0.25) is 14.5 Å². The van der Waals surface area contributed by atoms with E-state index >= 15 is 0 Å². The lowest BCUT2D eigenvalue weighted by molar-refractivity contribution is -0.133. The molecule has 3 rings (SSSR count). The van der Waals surface area contributed by atoms with Crippen LogP contribution in [0.1, 0.15) is 19.3 Å². The minimum atomic E-state index is -0.282. The van der Waals surface area contributed by atoms with Gasteiger partial charge in [-0.1, -0.05) is 0 Å². The Hall–Kier alpha value is -1.14. The van der Waals surface area contributed by atoms with Gasteiger partial charge in [-0.25, -0.2) is 0 Å². The highest BCUT2D eigenvalue weighted by Gasteiger charge is 2.36. The van der Waals surface area contributed by atoms with E-state index in [1.54, 1.807) is 0 Å².